The van der Waals surface area contributed by atoms with E-state index in [9.17, 15) is 4.79 Å². The lowest BCUT2D eigenvalue weighted by Crippen LogP contribution is -2.46. The van der Waals surface area contributed by atoms with Crippen molar-refractivity contribution in [3.63, 3.8) is 0 Å². The molecule has 0 unspecified atom stereocenters. The summed E-state index contributed by atoms with van der Waals surface area (Å²) < 4.78 is 0. The average Bonchev–Trinajstić information content (AvgIpc) is 2.49. The maximum atomic E-state index is 12.0. The van der Waals surface area contributed by atoms with Gasteiger partial charge in [0.05, 0.1) is 6.04 Å². The lowest BCUT2D eigenvalue weighted by atomic mass is 10.0. The lowest BCUT2D eigenvalue weighted by Gasteiger charge is -2.19. The first-order valence-electron chi connectivity index (χ1n) is 7.08. The summed E-state index contributed by atoms with van der Waals surface area (Å²) in [7, 11) is 0. The molecule has 0 bridgehead atoms. The number of nitrogens with two attached hydrogens (primary N) is 2. The van der Waals surface area contributed by atoms with Crippen LogP contribution in [0, 0.1) is 0 Å². The van der Waals surface area contributed by atoms with E-state index < -0.39 is 6.04 Å². The first kappa shape index (κ1) is 17.0. The molecule has 112 valence electrons. The predicted molar refractivity (Wildman–Crippen MR) is 86.8 cm³/mol. The van der Waals surface area contributed by atoms with Crippen LogP contribution in [0.1, 0.15) is 24.8 Å². The second-order valence-corrected chi connectivity index (χ2v) is 5.31. The van der Waals surface area contributed by atoms with E-state index in [1.807, 2.05) is 30.3 Å². The number of carbonyl (C=O) groups excluding carboxylic acids is 1. The third kappa shape index (κ3) is 6.41. The summed E-state index contributed by atoms with van der Waals surface area (Å²) in [6, 6.07) is 9.62. The Morgan fingerprint density at radius 1 is 1.25 bits per heavy atom. The third-order valence-electron chi connectivity index (χ3n) is 3.25. The first-order valence-corrected chi connectivity index (χ1v) is 7.71. The van der Waals surface area contributed by atoms with Crippen LogP contribution in [0.25, 0.3) is 0 Å². The highest BCUT2D eigenvalue weighted by Crippen LogP contribution is 2.05. The van der Waals surface area contributed by atoms with Gasteiger partial charge in [-0.2, -0.15) is 12.6 Å². The van der Waals surface area contributed by atoms with Gasteiger partial charge in [-0.05, 0) is 37.8 Å². The van der Waals surface area contributed by atoms with Crippen LogP contribution in [0.2, 0.25) is 0 Å². The van der Waals surface area contributed by atoms with E-state index >= 15 is 0 Å². The second kappa shape index (κ2) is 9.80. The molecule has 0 radical (unpaired) electrons. The Morgan fingerprint density at radius 2 is 1.95 bits per heavy atom. The number of benzene rings is 1. The minimum Gasteiger partial charge on any atom is -0.351 e. The maximum absolute atomic E-state index is 12.0. The first-order chi connectivity index (χ1) is 9.67. The number of aryl methyl sites for hydroxylation is 1. The van der Waals surface area contributed by atoms with Gasteiger partial charge in [0.2, 0.25) is 5.91 Å². The van der Waals surface area contributed by atoms with Gasteiger partial charge < -0.3 is 16.8 Å². The van der Waals surface area contributed by atoms with Crippen molar-refractivity contribution in [2.45, 2.75) is 37.8 Å². The Labute approximate surface area is 126 Å². The van der Waals surface area contributed by atoms with Crippen molar-refractivity contribution in [3.8, 4) is 0 Å². The van der Waals surface area contributed by atoms with Crippen LogP contribution in [-0.2, 0) is 11.2 Å². The van der Waals surface area contributed by atoms with Crippen LogP contribution in [0.5, 0.6) is 0 Å². The van der Waals surface area contributed by atoms with Crippen molar-refractivity contribution in [1.82, 2.24) is 5.32 Å². The third-order valence-corrected chi connectivity index (χ3v) is 3.69. The Bertz CT molecular complexity index is 386. The van der Waals surface area contributed by atoms with E-state index in [0.717, 1.165) is 19.3 Å². The molecule has 0 aliphatic rings. The summed E-state index contributed by atoms with van der Waals surface area (Å²) in [5.74, 6) is 0.508. The van der Waals surface area contributed by atoms with Crippen LogP contribution < -0.4 is 16.8 Å². The molecule has 2 atom stereocenters. The Morgan fingerprint density at radius 3 is 2.55 bits per heavy atom. The zero-order chi connectivity index (χ0) is 14.8. The van der Waals surface area contributed by atoms with Crippen LogP contribution in [0.3, 0.4) is 0 Å². The topological polar surface area (TPSA) is 81.1 Å². The van der Waals surface area contributed by atoms with Gasteiger partial charge in [0.15, 0.2) is 0 Å². The highest BCUT2D eigenvalue weighted by Gasteiger charge is 2.16. The molecule has 0 fully saturated rings. The highest BCUT2D eigenvalue weighted by molar-refractivity contribution is 7.80. The van der Waals surface area contributed by atoms with Gasteiger partial charge in [-0.1, -0.05) is 30.3 Å². The Hall–Kier alpha value is -1.04. The fourth-order valence-electron chi connectivity index (χ4n) is 1.98. The van der Waals surface area contributed by atoms with E-state index in [1.54, 1.807) is 0 Å². The van der Waals surface area contributed by atoms with E-state index in [-0.39, 0.29) is 11.9 Å². The fourth-order valence-corrected chi connectivity index (χ4v) is 2.25. The Kier molecular flexibility index (Phi) is 8.34. The molecule has 0 saturated heterocycles. The standard InChI is InChI=1S/C15H25N3OS/c16-10-4-7-13(11-20)18-15(19)14(17)9-8-12-5-2-1-3-6-12/h1-3,5-6,13-14,20H,4,7-11,16-17H2,(H,18,19)/t13-,14-/m0/s1. The van der Waals surface area contributed by atoms with Crippen molar-refractivity contribution in [1.29, 1.82) is 0 Å². The van der Waals surface area contributed by atoms with Gasteiger partial charge >= 0.3 is 0 Å². The fraction of sp³-hybridized carbons (Fsp3) is 0.533. The summed E-state index contributed by atoms with van der Waals surface area (Å²) in [5.41, 5.74) is 12.6. The molecule has 0 spiro atoms. The smallest absolute Gasteiger partial charge is 0.237 e. The van der Waals surface area contributed by atoms with Crippen LogP contribution in [0.4, 0.5) is 0 Å². The van der Waals surface area contributed by atoms with Gasteiger partial charge in [-0.25, -0.2) is 0 Å². The van der Waals surface area contributed by atoms with Crippen molar-refractivity contribution in [2.75, 3.05) is 12.3 Å². The van der Waals surface area contributed by atoms with Gasteiger partial charge in [0, 0.05) is 11.8 Å². The minimum absolute atomic E-state index is 0.0529. The van der Waals surface area contributed by atoms with Crippen LogP contribution in [-0.4, -0.2) is 30.3 Å². The summed E-state index contributed by atoms with van der Waals surface area (Å²) in [6.45, 7) is 0.625. The molecule has 1 rings (SSSR count). The monoisotopic (exact) mass is 295 g/mol. The highest BCUT2D eigenvalue weighted by atomic mass is 32.1. The molecule has 20 heavy (non-hydrogen) atoms. The Balaban J connectivity index is 2.34. The van der Waals surface area contributed by atoms with Gasteiger partial charge in [0.25, 0.3) is 0 Å². The van der Waals surface area contributed by atoms with Gasteiger partial charge in [-0.15, -0.1) is 0 Å². The maximum Gasteiger partial charge on any atom is 0.237 e. The number of amides is 1. The zero-order valence-electron chi connectivity index (χ0n) is 11.8. The van der Waals surface area contributed by atoms with Crippen LogP contribution >= 0.6 is 12.6 Å². The number of rotatable bonds is 9. The SMILES string of the molecule is NCCC[C@@H](CS)NC(=O)[C@@H](N)CCc1ccccc1. The quantitative estimate of drug-likeness (QED) is 0.515. The molecule has 0 heterocycles. The van der Waals surface area contributed by atoms with Gasteiger partial charge in [-0.3, -0.25) is 4.79 Å². The molecular formula is C15H25N3OS. The lowest BCUT2D eigenvalue weighted by molar-refractivity contribution is -0.123. The van der Waals surface area contributed by atoms with Crippen molar-refractivity contribution in [2.24, 2.45) is 11.5 Å². The van der Waals surface area contributed by atoms with E-state index in [2.05, 4.69) is 17.9 Å². The number of hydrogen-bond donors (Lipinski definition) is 4. The van der Waals surface area contributed by atoms with E-state index in [0.29, 0.717) is 18.7 Å². The number of carbonyl (C=O) groups is 1. The normalized spacial score (nSPS) is 13.8. The number of nitrogens with one attached hydrogen (secondary N) is 1. The summed E-state index contributed by atoms with van der Waals surface area (Å²) >= 11 is 4.24. The van der Waals surface area contributed by atoms with Crippen LogP contribution in [0.15, 0.2) is 30.3 Å². The molecule has 0 aliphatic carbocycles. The van der Waals surface area contributed by atoms with Crippen molar-refractivity contribution in [3.05, 3.63) is 35.9 Å². The molecule has 5 N–H and O–H groups in total. The molecule has 0 aromatic heterocycles. The molecule has 0 saturated carbocycles. The summed E-state index contributed by atoms with van der Waals surface area (Å²) in [6.07, 6.45) is 3.18. The van der Waals surface area contributed by atoms with Crippen molar-refractivity contribution >= 4 is 18.5 Å². The minimum atomic E-state index is -0.476. The molecule has 1 aromatic carbocycles. The second-order valence-electron chi connectivity index (χ2n) is 4.95. The van der Waals surface area contributed by atoms with E-state index in [4.69, 9.17) is 11.5 Å². The molecular weight excluding hydrogens is 270 g/mol. The molecule has 5 heteroatoms. The molecule has 0 aliphatic heterocycles. The largest absolute Gasteiger partial charge is 0.351 e. The zero-order valence-corrected chi connectivity index (χ0v) is 12.7. The van der Waals surface area contributed by atoms with Crippen molar-refractivity contribution < 1.29 is 4.79 Å². The number of hydrogen-bond acceptors (Lipinski definition) is 4. The van der Waals surface area contributed by atoms with E-state index in [1.165, 1.54) is 5.56 Å². The molecule has 1 aromatic rings. The molecule has 1 amide bonds. The average molecular weight is 295 g/mol. The summed E-state index contributed by atoms with van der Waals surface area (Å²) in [5, 5.41) is 2.94. The predicted octanol–water partition coefficient (Wildman–Crippen LogP) is 1.10. The summed E-state index contributed by atoms with van der Waals surface area (Å²) in [4.78, 5) is 12.0. The molecule has 4 nitrogen and oxygen atoms in total. The number of thiol groups is 1. The van der Waals surface area contributed by atoms with Gasteiger partial charge in [0.1, 0.15) is 0 Å².